The highest BCUT2D eigenvalue weighted by molar-refractivity contribution is 7.09. The van der Waals surface area contributed by atoms with Gasteiger partial charge in [-0.05, 0) is 17.9 Å². The van der Waals surface area contributed by atoms with Crippen LogP contribution in [0.5, 0.6) is 0 Å². The van der Waals surface area contributed by atoms with Crippen molar-refractivity contribution < 1.29 is 4.79 Å². The van der Waals surface area contributed by atoms with Crippen LogP contribution in [0.1, 0.15) is 15.4 Å². The van der Waals surface area contributed by atoms with Crippen molar-refractivity contribution in [1.29, 1.82) is 0 Å². The monoisotopic (exact) mass is 315 g/mol. The minimum Gasteiger partial charge on any atom is -0.338 e. The van der Waals surface area contributed by atoms with Crippen molar-refractivity contribution in [3.05, 3.63) is 40.6 Å². The van der Waals surface area contributed by atoms with Gasteiger partial charge in [0.2, 0.25) is 0 Å². The molecule has 0 bridgehead atoms. The second-order valence-corrected chi connectivity index (χ2v) is 6.96. The Balaban J connectivity index is 1.36. The van der Waals surface area contributed by atoms with Crippen LogP contribution in [-0.2, 0) is 6.54 Å². The highest BCUT2D eigenvalue weighted by Gasteiger charge is 2.41. The predicted octanol–water partition coefficient (Wildman–Crippen LogP) is 1.14. The number of hydrogen-bond acceptors (Lipinski definition) is 6. The molecular formula is C15H17N5OS. The quantitative estimate of drug-likeness (QED) is 0.850. The van der Waals surface area contributed by atoms with Crippen molar-refractivity contribution in [3.8, 4) is 0 Å². The van der Waals surface area contributed by atoms with Gasteiger partial charge in [-0.25, -0.2) is 4.98 Å². The van der Waals surface area contributed by atoms with Crippen LogP contribution in [0.25, 0.3) is 0 Å². The molecule has 2 atom stereocenters. The Morgan fingerprint density at radius 1 is 1.18 bits per heavy atom. The molecule has 2 aliphatic rings. The first-order valence-corrected chi connectivity index (χ1v) is 8.34. The van der Waals surface area contributed by atoms with E-state index in [1.807, 2.05) is 16.5 Å². The maximum Gasteiger partial charge on any atom is 0.255 e. The molecule has 1 amide bonds. The lowest BCUT2D eigenvalue weighted by molar-refractivity contribution is 0.0772. The van der Waals surface area contributed by atoms with Gasteiger partial charge < -0.3 is 4.90 Å². The molecular weight excluding hydrogens is 298 g/mol. The van der Waals surface area contributed by atoms with E-state index in [0.717, 1.165) is 32.7 Å². The normalized spacial score (nSPS) is 24.6. The van der Waals surface area contributed by atoms with E-state index >= 15 is 0 Å². The molecule has 4 heterocycles. The number of fused-ring (bicyclic) bond motifs is 1. The molecule has 4 rings (SSSR count). The minimum absolute atomic E-state index is 0.0794. The predicted molar refractivity (Wildman–Crippen MR) is 82.3 cm³/mol. The summed E-state index contributed by atoms with van der Waals surface area (Å²) in [5.74, 6) is 1.24. The van der Waals surface area contributed by atoms with Gasteiger partial charge in [0.05, 0.1) is 24.5 Å². The van der Waals surface area contributed by atoms with Gasteiger partial charge in [0.25, 0.3) is 5.91 Å². The summed E-state index contributed by atoms with van der Waals surface area (Å²) in [5.41, 5.74) is 0.634. The number of carbonyl (C=O) groups is 1. The van der Waals surface area contributed by atoms with Crippen LogP contribution >= 0.6 is 11.3 Å². The zero-order valence-electron chi connectivity index (χ0n) is 12.1. The number of rotatable bonds is 3. The van der Waals surface area contributed by atoms with Crippen LogP contribution in [0, 0.1) is 11.8 Å². The Morgan fingerprint density at radius 2 is 2.00 bits per heavy atom. The van der Waals surface area contributed by atoms with Gasteiger partial charge in [-0.3, -0.25) is 9.69 Å². The lowest BCUT2D eigenvalue weighted by Crippen LogP contribution is -2.33. The van der Waals surface area contributed by atoms with Crippen molar-refractivity contribution in [2.75, 3.05) is 26.2 Å². The van der Waals surface area contributed by atoms with Gasteiger partial charge in [-0.2, -0.15) is 10.2 Å². The molecule has 2 fully saturated rings. The molecule has 0 unspecified atom stereocenters. The lowest BCUT2D eigenvalue weighted by atomic mass is 10.0. The third kappa shape index (κ3) is 2.62. The fraction of sp³-hybridized carbons (Fsp3) is 0.467. The van der Waals surface area contributed by atoms with Gasteiger partial charge in [-0.1, -0.05) is 0 Å². The van der Waals surface area contributed by atoms with Crippen molar-refractivity contribution in [1.82, 2.24) is 25.0 Å². The van der Waals surface area contributed by atoms with E-state index in [1.165, 1.54) is 5.01 Å². The van der Waals surface area contributed by atoms with E-state index in [2.05, 4.69) is 20.1 Å². The van der Waals surface area contributed by atoms with Crippen molar-refractivity contribution in [2.45, 2.75) is 6.54 Å². The molecule has 22 heavy (non-hydrogen) atoms. The Hall–Kier alpha value is -1.86. The minimum atomic E-state index is 0.0794. The SMILES string of the molecule is O=C(c1ccnnc1)N1C[C@H]2CN(Cc3nccs3)C[C@H]2C1. The van der Waals surface area contributed by atoms with Crippen LogP contribution in [0.4, 0.5) is 0 Å². The molecule has 6 nitrogen and oxygen atoms in total. The number of likely N-dealkylation sites (tertiary alicyclic amines) is 2. The largest absolute Gasteiger partial charge is 0.338 e. The lowest BCUT2D eigenvalue weighted by Gasteiger charge is -2.20. The summed E-state index contributed by atoms with van der Waals surface area (Å²) in [6.07, 6.45) is 4.98. The molecule has 7 heteroatoms. The molecule has 0 spiro atoms. The molecule has 2 aliphatic heterocycles. The molecule has 114 valence electrons. The van der Waals surface area contributed by atoms with E-state index in [9.17, 15) is 4.79 Å². The zero-order chi connectivity index (χ0) is 14.9. The number of carbonyl (C=O) groups excluding carboxylic acids is 1. The Kier molecular flexibility index (Phi) is 3.59. The highest BCUT2D eigenvalue weighted by atomic mass is 32.1. The summed E-state index contributed by atoms with van der Waals surface area (Å²) < 4.78 is 0. The molecule has 0 aromatic carbocycles. The van der Waals surface area contributed by atoms with E-state index < -0.39 is 0 Å². The topological polar surface area (TPSA) is 62.2 Å². The molecule has 2 saturated heterocycles. The fourth-order valence-corrected chi connectivity index (χ4v) is 4.16. The summed E-state index contributed by atoms with van der Waals surface area (Å²) in [4.78, 5) is 21.2. The summed E-state index contributed by atoms with van der Waals surface area (Å²) in [6.45, 7) is 4.75. The number of aromatic nitrogens is 3. The first-order chi connectivity index (χ1) is 10.8. The summed E-state index contributed by atoms with van der Waals surface area (Å²) >= 11 is 1.71. The van der Waals surface area contributed by atoms with Crippen LogP contribution < -0.4 is 0 Å². The first kappa shape index (κ1) is 13.8. The summed E-state index contributed by atoms with van der Waals surface area (Å²) in [6, 6.07) is 1.73. The number of nitrogens with zero attached hydrogens (tertiary/aromatic N) is 5. The highest BCUT2D eigenvalue weighted by Crippen LogP contribution is 2.32. The van der Waals surface area contributed by atoms with Crippen molar-refractivity contribution >= 4 is 17.2 Å². The molecule has 2 aromatic rings. The maximum atomic E-state index is 12.5. The van der Waals surface area contributed by atoms with E-state index in [0.29, 0.717) is 17.4 Å². The number of hydrogen-bond donors (Lipinski definition) is 0. The van der Waals surface area contributed by atoms with Crippen LogP contribution in [0.2, 0.25) is 0 Å². The third-order valence-electron chi connectivity index (χ3n) is 4.52. The van der Waals surface area contributed by atoms with Crippen LogP contribution in [0.3, 0.4) is 0 Å². The second kappa shape index (κ2) is 5.73. The van der Waals surface area contributed by atoms with Crippen molar-refractivity contribution in [2.24, 2.45) is 11.8 Å². The zero-order valence-corrected chi connectivity index (χ0v) is 12.9. The van der Waals surface area contributed by atoms with Gasteiger partial charge in [0, 0.05) is 37.8 Å². The summed E-state index contributed by atoms with van der Waals surface area (Å²) in [5, 5.41) is 10.7. The average molecular weight is 315 g/mol. The standard InChI is InChI=1S/C15H17N5OS/c21-15(11-1-2-17-18-5-11)20-8-12-6-19(7-13(12)9-20)10-14-16-3-4-22-14/h1-5,12-13H,6-10H2/t12-,13+. The molecule has 2 aromatic heterocycles. The van der Waals surface area contributed by atoms with Gasteiger partial charge in [0.1, 0.15) is 5.01 Å². The summed E-state index contributed by atoms with van der Waals surface area (Å²) in [7, 11) is 0. The van der Waals surface area contributed by atoms with E-state index in [1.54, 1.807) is 29.8 Å². The fourth-order valence-electron chi connectivity index (χ4n) is 3.51. The Bertz CT molecular complexity index is 633. The Labute approximate surface area is 132 Å². The number of amides is 1. The second-order valence-electron chi connectivity index (χ2n) is 5.98. The average Bonchev–Trinajstić information content (AvgIpc) is 3.24. The van der Waals surface area contributed by atoms with Gasteiger partial charge >= 0.3 is 0 Å². The Morgan fingerprint density at radius 3 is 2.64 bits per heavy atom. The van der Waals surface area contributed by atoms with Crippen molar-refractivity contribution in [3.63, 3.8) is 0 Å². The van der Waals surface area contributed by atoms with Gasteiger partial charge in [0.15, 0.2) is 0 Å². The van der Waals surface area contributed by atoms with Crippen LogP contribution in [0.15, 0.2) is 30.0 Å². The number of thiazole rings is 1. The third-order valence-corrected chi connectivity index (χ3v) is 5.29. The van der Waals surface area contributed by atoms with E-state index in [4.69, 9.17) is 0 Å². The van der Waals surface area contributed by atoms with E-state index in [-0.39, 0.29) is 5.91 Å². The first-order valence-electron chi connectivity index (χ1n) is 7.46. The maximum absolute atomic E-state index is 12.5. The molecule has 0 N–H and O–H groups in total. The molecule has 0 saturated carbocycles. The molecule has 0 radical (unpaired) electrons. The van der Waals surface area contributed by atoms with Crippen LogP contribution in [-0.4, -0.2) is 57.1 Å². The van der Waals surface area contributed by atoms with Gasteiger partial charge in [-0.15, -0.1) is 11.3 Å². The molecule has 0 aliphatic carbocycles. The smallest absolute Gasteiger partial charge is 0.255 e.